The summed E-state index contributed by atoms with van der Waals surface area (Å²) >= 11 is 1.52. The van der Waals surface area contributed by atoms with E-state index in [1.165, 1.54) is 11.3 Å². The second-order valence-corrected chi connectivity index (χ2v) is 5.52. The lowest BCUT2D eigenvalue weighted by Crippen LogP contribution is -2.36. The minimum absolute atomic E-state index is 0.112. The Balaban J connectivity index is 1.64. The molecule has 0 aliphatic carbocycles. The fourth-order valence-electron chi connectivity index (χ4n) is 2.17. The van der Waals surface area contributed by atoms with Gasteiger partial charge in [-0.1, -0.05) is 6.07 Å². The summed E-state index contributed by atoms with van der Waals surface area (Å²) in [5.41, 5.74) is 0. The number of Topliss-reactive ketones (excluding diaryl/α,β-unsaturated/α-hetero) is 1. The van der Waals surface area contributed by atoms with Crippen LogP contribution in [0.2, 0.25) is 0 Å². The Morgan fingerprint density at radius 2 is 2.24 bits per heavy atom. The van der Waals surface area contributed by atoms with Gasteiger partial charge in [0.15, 0.2) is 5.78 Å². The third-order valence-electron chi connectivity index (χ3n) is 3.23. The topological polar surface area (TPSA) is 40.5 Å². The summed E-state index contributed by atoms with van der Waals surface area (Å²) in [5, 5.41) is 11.3. The average molecular weight is 253 g/mol. The van der Waals surface area contributed by atoms with Crippen molar-refractivity contribution in [2.45, 2.75) is 31.8 Å². The van der Waals surface area contributed by atoms with Crippen molar-refractivity contribution in [1.29, 1.82) is 0 Å². The lowest BCUT2D eigenvalue weighted by molar-refractivity contribution is 0.0800. The summed E-state index contributed by atoms with van der Waals surface area (Å²) in [4.78, 5) is 15.0. The molecule has 2 heterocycles. The number of aliphatic hydroxyl groups is 1. The van der Waals surface area contributed by atoms with Gasteiger partial charge in [0.05, 0.1) is 11.0 Å². The molecule has 17 heavy (non-hydrogen) atoms. The van der Waals surface area contributed by atoms with Crippen LogP contribution in [0.5, 0.6) is 0 Å². The van der Waals surface area contributed by atoms with E-state index in [4.69, 9.17) is 0 Å². The first-order valence-corrected chi connectivity index (χ1v) is 7.11. The van der Waals surface area contributed by atoms with Crippen LogP contribution in [0.1, 0.15) is 35.4 Å². The first kappa shape index (κ1) is 12.7. The zero-order valence-electron chi connectivity index (χ0n) is 9.97. The number of rotatable bonds is 5. The maximum absolute atomic E-state index is 11.8. The van der Waals surface area contributed by atoms with Crippen LogP contribution < -0.4 is 0 Å². The van der Waals surface area contributed by atoms with Gasteiger partial charge in [-0.15, -0.1) is 11.3 Å². The van der Waals surface area contributed by atoms with E-state index < -0.39 is 0 Å². The molecule has 1 aliphatic heterocycles. The molecule has 0 atom stereocenters. The van der Waals surface area contributed by atoms with Crippen LogP contribution in [-0.2, 0) is 0 Å². The van der Waals surface area contributed by atoms with Gasteiger partial charge in [0.2, 0.25) is 0 Å². The Morgan fingerprint density at radius 1 is 1.47 bits per heavy atom. The van der Waals surface area contributed by atoms with Crippen molar-refractivity contribution >= 4 is 17.1 Å². The fraction of sp³-hybridized carbons (Fsp3) is 0.615. The number of hydrogen-bond donors (Lipinski definition) is 1. The molecule has 2 rings (SSSR count). The van der Waals surface area contributed by atoms with E-state index in [-0.39, 0.29) is 11.9 Å². The summed E-state index contributed by atoms with van der Waals surface area (Å²) in [7, 11) is 0. The molecule has 4 heteroatoms. The van der Waals surface area contributed by atoms with E-state index in [1.807, 2.05) is 17.5 Å². The standard InChI is InChI=1S/C13H19NO2S/c15-11-5-8-14(9-6-11)7-1-3-12(16)13-4-2-10-17-13/h2,4,10-11,15H,1,3,5-9H2. The van der Waals surface area contributed by atoms with Gasteiger partial charge >= 0.3 is 0 Å². The SMILES string of the molecule is O=C(CCCN1CCC(O)CC1)c1cccs1. The molecule has 0 saturated carbocycles. The summed E-state index contributed by atoms with van der Waals surface area (Å²) in [6, 6.07) is 3.81. The van der Waals surface area contributed by atoms with Crippen LogP contribution in [0.25, 0.3) is 0 Å². The third-order valence-corrected chi connectivity index (χ3v) is 4.14. The Bertz CT molecular complexity index is 342. The summed E-state index contributed by atoms with van der Waals surface area (Å²) in [5.74, 6) is 0.261. The summed E-state index contributed by atoms with van der Waals surface area (Å²) in [6.07, 6.45) is 3.20. The zero-order valence-corrected chi connectivity index (χ0v) is 10.8. The highest BCUT2D eigenvalue weighted by Gasteiger charge is 2.16. The van der Waals surface area contributed by atoms with E-state index in [2.05, 4.69) is 4.90 Å². The van der Waals surface area contributed by atoms with Gasteiger partial charge in [-0.3, -0.25) is 4.79 Å². The number of hydrogen-bond acceptors (Lipinski definition) is 4. The predicted molar refractivity (Wildman–Crippen MR) is 69.6 cm³/mol. The van der Waals surface area contributed by atoms with Crippen LogP contribution in [0.4, 0.5) is 0 Å². The minimum atomic E-state index is -0.112. The number of piperidine rings is 1. The number of carbonyl (C=O) groups is 1. The molecule has 1 fully saturated rings. The predicted octanol–water partition coefficient (Wildman–Crippen LogP) is 2.17. The molecular weight excluding hydrogens is 234 g/mol. The van der Waals surface area contributed by atoms with Crippen molar-refractivity contribution in [3.8, 4) is 0 Å². The maximum Gasteiger partial charge on any atom is 0.172 e. The Kier molecular flexibility index (Phi) is 4.71. The number of carbonyl (C=O) groups excluding carboxylic acids is 1. The van der Waals surface area contributed by atoms with E-state index in [1.54, 1.807) is 0 Å². The highest BCUT2D eigenvalue weighted by atomic mass is 32.1. The Hall–Kier alpha value is -0.710. The van der Waals surface area contributed by atoms with E-state index in [9.17, 15) is 9.90 Å². The molecule has 0 spiro atoms. The van der Waals surface area contributed by atoms with Gasteiger partial charge in [0, 0.05) is 19.5 Å². The van der Waals surface area contributed by atoms with Crippen molar-refractivity contribution in [3.05, 3.63) is 22.4 Å². The third kappa shape index (κ3) is 3.91. The van der Waals surface area contributed by atoms with Gasteiger partial charge in [-0.05, 0) is 37.3 Å². The van der Waals surface area contributed by atoms with Crippen LogP contribution in [-0.4, -0.2) is 41.5 Å². The average Bonchev–Trinajstić information content (AvgIpc) is 2.85. The summed E-state index contributed by atoms with van der Waals surface area (Å²) in [6.45, 7) is 2.91. The molecule has 0 bridgehead atoms. The first-order chi connectivity index (χ1) is 8.25. The van der Waals surface area contributed by atoms with Crippen LogP contribution in [0, 0.1) is 0 Å². The van der Waals surface area contributed by atoms with Crippen molar-refractivity contribution in [3.63, 3.8) is 0 Å². The molecule has 1 aliphatic rings. The minimum Gasteiger partial charge on any atom is -0.393 e. The van der Waals surface area contributed by atoms with E-state index >= 15 is 0 Å². The number of ketones is 1. The second kappa shape index (κ2) is 6.28. The lowest BCUT2D eigenvalue weighted by Gasteiger charge is -2.29. The molecule has 0 aromatic carbocycles. The molecule has 1 aromatic heterocycles. The molecule has 94 valence electrons. The fourth-order valence-corrected chi connectivity index (χ4v) is 2.86. The zero-order chi connectivity index (χ0) is 12.1. The van der Waals surface area contributed by atoms with Crippen molar-refractivity contribution < 1.29 is 9.90 Å². The molecule has 1 N–H and O–H groups in total. The molecule has 0 unspecified atom stereocenters. The molecule has 0 amide bonds. The molecule has 3 nitrogen and oxygen atoms in total. The Morgan fingerprint density at radius 3 is 2.88 bits per heavy atom. The molecular formula is C13H19NO2S. The number of thiophene rings is 1. The van der Waals surface area contributed by atoms with Gasteiger partial charge in [-0.2, -0.15) is 0 Å². The summed E-state index contributed by atoms with van der Waals surface area (Å²) < 4.78 is 0. The number of aliphatic hydroxyl groups excluding tert-OH is 1. The van der Waals surface area contributed by atoms with Crippen molar-refractivity contribution in [2.24, 2.45) is 0 Å². The highest BCUT2D eigenvalue weighted by Crippen LogP contribution is 2.14. The van der Waals surface area contributed by atoms with E-state index in [0.717, 1.165) is 43.8 Å². The Labute approximate surface area is 106 Å². The van der Waals surface area contributed by atoms with Gasteiger partial charge in [0.25, 0.3) is 0 Å². The van der Waals surface area contributed by atoms with Gasteiger partial charge in [0.1, 0.15) is 0 Å². The van der Waals surface area contributed by atoms with Crippen LogP contribution >= 0.6 is 11.3 Å². The number of likely N-dealkylation sites (tertiary alicyclic amines) is 1. The normalized spacial score (nSPS) is 18.4. The highest BCUT2D eigenvalue weighted by molar-refractivity contribution is 7.12. The van der Waals surface area contributed by atoms with Crippen LogP contribution in [0.3, 0.4) is 0 Å². The lowest BCUT2D eigenvalue weighted by atomic mass is 10.1. The first-order valence-electron chi connectivity index (χ1n) is 6.23. The van der Waals surface area contributed by atoms with Gasteiger partial charge < -0.3 is 10.0 Å². The van der Waals surface area contributed by atoms with Crippen molar-refractivity contribution in [1.82, 2.24) is 4.90 Å². The van der Waals surface area contributed by atoms with E-state index in [0.29, 0.717) is 6.42 Å². The molecule has 1 saturated heterocycles. The van der Waals surface area contributed by atoms with Crippen molar-refractivity contribution in [2.75, 3.05) is 19.6 Å². The quantitative estimate of drug-likeness (QED) is 0.818. The smallest absolute Gasteiger partial charge is 0.172 e. The maximum atomic E-state index is 11.8. The molecule has 0 radical (unpaired) electrons. The molecule has 1 aromatic rings. The van der Waals surface area contributed by atoms with Crippen LogP contribution in [0.15, 0.2) is 17.5 Å². The van der Waals surface area contributed by atoms with Gasteiger partial charge in [-0.25, -0.2) is 0 Å². The number of nitrogens with zero attached hydrogens (tertiary/aromatic N) is 1. The second-order valence-electron chi connectivity index (χ2n) is 4.58. The largest absolute Gasteiger partial charge is 0.393 e. The monoisotopic (exact) mass is 253 g/mol.